The largest absolute Gasteiger partial charge is 0.454 e. The second-order valence-corrected chi connectivity index (χ2v) is 4.56. The summed E-state index contributed by atoms with van der Waals surface area (Å²) in [5, 5.41) is 20.8. The first-order valence-electron chi connectivity index (χ1n) is 6.43. The minimum absolute atomic E-state index is 0.0359. The van der Waals surface area contributed by atoms with E-state index in [1.807, 2.05) is 6.07 Å². The fourth-order valence-electron chi connectivity index (χ4n) is 2.19. The Morgan fingerprint density at radius 1 is 1.32 bits per heavy atom. The van der Waals surface area contributed by atoms with Gasteiger partial charge >= 0.3 is 0 Å². The molecule has 22 heavy (non-hydrogen) atoms. The van der Waals surface area contributed by atoms with E-state index in [0.717, 1.165) is 11.0 Å². The third-order valence-electron chi connectivity index (χ3n) is 3.24. The quantitative estimate of drug-likeness (QED) is 0.749. The van der Waals surface area contributed by atoms with Gasteiger partial charge in [-0.2, -0.15) is 5.26 Å². The highest BCUT2D eigenvalue weighted by Crippen LogP contribution is 2.37. The van der Waals surface area contributed by atoms with E-state index in [4.69, 9.17) is 14.6 Å². The summed E-state index contributed by atoms with van der Waals surface area (Å²) in [5.41, 5.74) is 0.629. The minimum Gasteiger partial charge on any atom is -0.454 e. The Bertz CT molecular complexity index is 735. The van der Waals surface area contributed by atoms with Crippen LogP contribution in [-0.4, -0.2) is 41.8 Å². The number of ether oxygens (including phenoxy) is 2. The second kappa shape index (κ2) is 5.38. The van der Waals surface area contributed by atoms with Crippen molar-refractivity contribution in [3.63, 3.8) is 0 Å². The molecule has 8 heteroatoms. The van der Waals surface area contributed by atoms with Crippen LogP contribution in [-0.2, 0) is 9.59 Å². The summed E-state index contributed by atoms with van der Waals surface area (Å²) in [6, 6.07) is 5.02. The number of β-amino-alcohol motifs (C(OH)–C–C–N with tert-alkyl or cyclic N) is 1. The number of hydrogen-bond acceptors (Lipinski definition) is 7. The zero-order chi connectivity index (χ0) is 15.7. The highest BCUT2D eigenvalue weighted by molar-refractivity contribution is 6.17. The van der Waals surface area contributed by atoms with E-state index < -0.39 is 11.8 Å². The summed E-state index contributed by atoms with van der Waals surface area (Å²) >= 11 is 0. The Morgan fingerprint density at radius 3 is 2.73 bits per heavy atom. The standard InChI is InChI=1S/C14H11N3O5/c15-6-8-3-11-12(22-7-21-11)4-9(8)16-10-5-13(19)17(1-2-18)14(10)20/h3-5,16,18H,1-2,7H2. The van der Waals surface area contributed by atoms with Gasteiger partial charge in [-0.1, -0.05) is 0 Å². The molecule has 2 aliphatic heterocycles. The van der Waals surface area contributed by atoms with Crippen LogP contribution in [0.5, 0.6) is 11.5 Å². The molecule has 8 nitrogen and oxygen atoms in total. The van der Waals surface area contributed by atoms with Gasteiger partial charge in [-0.05, 0) is 0 Å². The minimum atomic E-state index is -0.555. The van der Waals surface area contributed by atoms with Crippen LogP contribution in [0.15, 0.2) is 23.9 Å². The molecule has 1 aromatic rings. The number of benzene rings is 1. The van der Waals surface area contributed by atoms with Crippen LogP contribution in [0.2, 0.25) is 0 Å². The van der Waals surface area contributed by atoms with Crippen LogP contribution in [0.1, 0.15) is 5.56 Å². The Morgan fingerprint density at radius 2 is 2.05 bits per heavy atom. The zero-order valence-corrected chi connectivity index (χ0v) is 11.3. The Hall–Kier alpha value is -3.05. The van der Waals surface area contributed by atoms with Crippen molar-refractivity contribution in [2.24, 2.45) is 0 Å². The number of nitriles is 1. The third kappa shape index (κ3) is 2.23. The van der Waals surface area contributed by atoms with Gasteiger partial charge in [0.25, 0.3) is 11.8 Å². The van der Waals surface area contributed by atoms with Crippen LogP contribution >= 0.6 is 0 Å². The van der Waals surface area contributed by atoms with Crippen molar-refractivity contribution in [3.8, 4) is 17.6 Å². The average molecular weight is 301 g/mol. The zero-order valence-electron chi connectivity index (χ0n) is 11.3. The van der Waals surface area contributed by atoms with E-state index in [0.29, 0.717) is 17.2 Å². The first kappa shape index (κ1) is 13.9. The molecule has 0 aliphatic carbocycles. The third-order valence-corrected chi connectivity index (χ3v) is 3.24. The number of carbonyl (C=O) groups excluding carboxylic acids is 2. The van der Waals surface area contributed by atoms with Gasteiger partial charge < -0.3 is 19.9 Å². The number of aliphatic hydroxyl groups excluding tert-OH is 1. The molecule has 3 rings (SSSR count). The molecule has 0 spiro atoms. The van der Waals surface area contributed by atoms with Gasteiger partial charge in [0.15, 0.2) is 11.5 Å². The van der Waals surface area contributed by atoms with Gasteiger partial charge in [-0.25, -0.2) is 0 Å². The molecule has 1 aromatic carbocycles. The Labute approximate surface area is 125 Å². The molecule has 0 radical (unpaired) electrons. The molecule has 0 bridgehead atoms. The molecule has 0 atom stereocenters. The maximum absolute atomic E-state index is 12.1. The Kier molecular flexibility index (Phi) is 3.40. The molecule has 2 amide bonds. The molecular formula is C14H11N3O5. The first-order chi connectivity index (χ1) is 10.6. The summed E-state index contributed by atoms with van der Waals surface area (Å²) in [6.07, 6.45) is 1.13. The average Bonchev–Trinajstić information content (AvgIpc) is 3.06. The molecule has 0 fully saturated rings. The summed E-state index contributed by atoms with van der Waals surface area (Å²) in [5.74, 6) is -0.167. The maximum Gasteiger partial charge on any atom is 0.277 e. The van der Waals surface area contributed by atoms with Crippen LogP contribution in [0.4, 0.5) is 5.69 Å². The van der Waals surface area contributed by atoms with Crippen LogP contribution in [0.3, 0.4) is 0 Å². The fourth-order valence-corrected chi connectivity index (χ4v) is 2.19. The van der Waals surface area contributed by atoms with E-state index in [1.165, 1.54) is 12.1 Å². The number of fused-ring (bicyclic) bond motifs is 1. The van der Waals surface area contributed by atoms with Gasteiger partial charge in [0.1, 0.15) is 11.8 Å². The van der Waals surface area contributed by atoms with E-state index in [1.54, 1.807) is 0 Å². The summed E-state index contributed by atoms with van der Waals surface area (Å²) in [7, 11) is 0. The predicted molar refractivity (Wildman–Crippen MR) is 72.8 cm³/mol. The molecule has 0 aromatic heterocycles. The number of rotatable bonds is 4. The molecule has 2 N–H and O–H groups in total. The van der Waals surface area contributed by atoms with Crippen molar-refractivity contribution in [3.05, 3.63) is 29.5 Å². The van der Waals surface area contributed by atoms with Crippen molar-refractivity contribution >= 4 is 17.5 Å². The van der Waals surface area contributed by atoms with Crippen LogP contribution in [0, 0.1) is 11.3 Å². The molecule has 112 valence electrons. The molecule has 0 saturated heterocycles. The summed E-state index contributed by atoms with van der Waals surface area (Å²) < 4.78 is 10.4. The highest BCUT2D eigenvalue weighted by Gasteiger charge is 2.31. The normalized spacial score (nSPS) is 15.8. The van der Waals surface area contributed by atoms with Crippen molar-refractivity contribution in [1.29, 1.82) is 5.26 Å². The van der Waals surface area contributed by atoms with E-state index in [9.17, 15) is 14.9 Å². The summed E-state index contributed by atoms with van der Waals surface area (Å²) in [6.45, 7) is -0.328. The number of nitrogens with zero attached hydrogens (tertiary/aromatic N) is 2. The van der Waals surface area contributed by atoms with Gasteiger partial charge in [-0.15, -0.1) is 0 Å². The lowest BCUT2D eigenvalue weighted by molar-refractivity contribution is -0.137. The number of carbonyl (C=O) groups is 2. The number of nitrogens with one attached hydrogen (secondary N) is 1. The van der Waals surface area contributed by atoms with Crippen molar-refractivity contribution in [1.82, 2.24) is 4.90 Å². The highest BCUT2D eigenvalue weighted by atomic mass is 16.7. The maximum atomic E-state index is 12.1. The van der Waals surface area contributed by atoms with E-state index in [2.05, 4.69) is 5.32 Å². The van der Waals surface area contributed by atoms with Gasteiger partial charge in [-0.3, -0.25) is 14.5 Å². The molecule has 0 saturated carbocycles. The SMILES string of the molecule is N#Cc1cc2c(cc1NC1=CC(=O)N(CCO)C1=O)OCO2. The van der Waals surface area contributed by atoms with Crippen molar-refractivity contribution in [2.75, 3.05) is 25.3 Å². The lowest BCUT2D eigenvalue weighted by atomic mass is 10.1. The number of aliphatic hydroxyl groups is 1. The lowest BCUT2D eigenvalue weighted by Crippen LogP contribution is -2.34. The van der Waals surface area contributed by atoms with E-state index in [-0.39, 0.29) is 31.2 Å². The molecular weight excluding hydrogens is 290 g/mol. The summed E-state index contributed by atoms with van der Waals surface area (Å²) in [4.78, 5) is 24.7. The second-order valence-electron chi connectivity index (χ2n) is 4.56. The smallest absolute Gasteiger partial charge is 0.277 e. The number of anilines is 1. The lowest BCUT2D eigenvalue weighted by Gasteiger charge is -2.14. The predicted octanol–water partition coefficient (Wildman–Crippen LogP) is -0.0561. The monoisotopic (exact) mass is 301 g/mol. The Balaban J connectivity index is 1.88. The number of amides is 2. The molecule has 2 aliphatic rings. The molecule has 2 heterocycles. The van der Waals surface area contributed by atoms with Crippen LogP contribution < -0.4 is 14.8 Å². The topological polar surface area (TPSA) is 112 Å². The number of imide groups is 1. The van der Waals surface area contributed by atoms with Crippen LogP contribution in [0.25, 0.3) is 0 Å². The molecule has 0 unspecified atom stereocenters. The van der Waals surface area contributed by atoms with Gasteiger partial charge in [0.05, 0.1) is 24.4 Å². The van der Waals surface area contributed by atoms with Gasteiger partial charge in [0.2, 0.25) is 6.79 Å². The van der Waals surface area contributed by atoms with Crippen molar-refractivity contribution < 1.29 is 24.2 Å². The fraction of sp³-hybridized carbons (Fsp3) is 0.214. The number of hydrogen-bond donors (Lipinski definition) is 2. The van der Waals surface area contributed by atoms with Crippen molar-refractivity contribution in [2.45, 2.75) is 0 Å². The van der Waals surface area contributed by atoms with E-state index >= 15 is 0 Å². The van der Waals surface area contributed by atoms with Gasteiger partial charge in [0, 0.05) is 18.2 Å². The first-order valence-corrected chi connectivity index (χ1v) is 6.43.